The first-order valence-corrected chi connectivity index (χ1v) is 10.2. The molecule has 0 fully saturated rings. The van der Waals surface area contributed by atoms with Crippen LogP contribution >= 0.6 is 23.2 Å². The van der Waals surface area contributed by atoms with Gasteiger partial charge in [0.15, 0.2) is 18.1 Å². The van der Waals surface area contributed by atoms with Crippen LogP contribution in [0.5, 0.6) is 11.5 Å². The predicted octanol–water partition coefficient (Wildman–Crippen LogP) is 4.78. The second kappa shape index (κ2) is 11.2. The van der Waals surface area contributed by atoms with Gasteiger partial charge >= 0.3 is 0 Å². The molecule has 0 spiro atoms. The van der Waals surface area contributed by atoms with E-state index in [1.54, 1.807) is 60.7 Å². The zero-order valence-corrected chi connectivity index (χ0v) is 18.5. The number of hydrazone groups is 1. The quantitative estimate of drug-likeness (QED) is 0.365. The predicted molar refractivity (Wildman–Crippen MR) is 125 cm³/mol. The molecule has 2 amide bonds. The summed E-state index contributed by atoms with van der Waals surface area (Å²) < 4.78 is 10.9. The lowest BCUT2D eigenvalue weighted by Crippen LogP contribution is -2.20. The van der Waals surface area contributed by atoms with Crippen molar-refractivity contribution in [3.8, 4) is 11.5 Å². The van der Waals surface area contributed by atoms with Gasteiger partial charge in [0.25, 0.3) is 11.8 Å². The number of halogens is 2. The summed E-state index contributed by atoms with van der Waals surface area (Å²) in [6, 6.07) is 18.6. The van der Waals surface area contributed by atoms with Crippen LogP contribution in [0, 0.1) is 0 Å². The molecule has 0 heterocycles. The van der Waals surface area contributed by atoms with Gasteiger partial charge in [-0.3, -0.25) is 9.59 Å². The highest BCUT2D eigenvalue weighted by Crippen LogP contribution is 2.28. The van der Waals surface area contributed by atoms with Gasteiger partial charge in [0, 0.05) is 11.3 Å². The SMILES string of the molecule is COc1cc(/C=N/NC(=O)c2ccccc2)ccc1OCC(=O)Nc1ccc(Cl)c(Cl)c1. The van der Waals surface area contributed by atoms with Crippen molar-refractivity contribution in [2.75, 3.05) is 19.0 Å². The molecule has 0 aliphatic rings. The van der Waals surface area contributed by atoms with E-state index in [4.69, 9.17) is 32.7 Å². The number of hydrogen-bond donors (Lipinski definition) is 2. The van der Waals surface area contributed by atoms with Crippen molar-refractivity contribution in [3.05, 3.63) is 87.9 Å². The largest absolute Gasteiger partial charge is 0.493 e. The van der Waals surface area contributed by atoms with Gasteiger partial charge in [-0.15, -0.1) is 0 Å². The molecule has 0 aliphatic heterocycles. The molecule has 3 rings (SSSR count). The molecule has 0 aliphatic carbocycles. The molecule has 7 nitrogen and oxygen atoms in total. The Hall–Kier alpha value is -3.55. The lowest BCUT2D eigenvalue weighted by Gasteiger charge is -2.11. The van der Waals surface area contributed by atoms with E-state index in [2.05, 4.69) is 15.8 Å². The monoisotopic (exact) mass is 471 g/mol. The van der Waals surface area contributed by atoms with E-state index in [0.717, 1.165) is 0 Å². The van der Waals surface area contributed by atoms with Crippen LogP contribution in [0.25, 0.3) is 0 Å². The Bertz CT molecular complexity index is 1140. The third-order valence-electron chi connectivity index (χ3n) is 4.17. The number of carbonyl (C=O) groups is 2. The van der Waals surface area contributed by atoms with Gasteiger partial charge in [-0.1, -0.05) is 41.4 Å². The van der Waals surface area contributed by atoms with Crippen LogP contribution in [0.3, 0.4) is 0 Å². The van der Waals surface area contributed by atoms with Crippen LogP contribution in [0.4, 0.5) is 5.69 Å². The minimum atomic E-state index is -0.375. The normalized spacial score (nSPS) is 10.6. The average molecular weight is 472 g/mol. The zero-order valence-electron chi connectivity index (χ0n) is 17.0. The van der Waals surface area contributed by atoms with E-state index in [9.17, 15) is 9.59 Å². The Morgan fingerprint density at radius 3 is 2.47 bits per heavy atom. The number of nitrogens with one attached hydrogen (secondary N) is 2. The van der Waals surface area contributed by atoms with Crippen LogP contribution in [-0.4, -0.2) is 31.7 Å². The van der Waals surface area contributed by atoms with E-state index in [1.165, 1.54) is 13.3 Å². The fourth-order valence-corrected chi connectivity index (χ4v) is 2.92. The van der Waals surface area contributed by atoms with Gasteiger partial charge in [0.1, 0.15) is 0 Å². The molecule has 164 valence electrons. The summed E-state index contributed by atoms with van der Waals surface area (Å²) in [5, 5.41) is 7.36. The lowest BCUT2D eigenvalue weighted by atomic mass is 10.2. The van der Waals surface area contributed by atoms with Crippen molar-refractivity contribution in [3.63, 3.8) is 0 Å². The first-order valence-electron chi connectivity index (χ1n) is 9.40. The standard InChI is InChI=1S/C23H19Cl2N3O4/c1-31-21-11-15(13-26-28-23(30)16-5-3-2-4-6-16)7-10-20(21)32-14-22(29)27-17-8-9-18(24)19(25)12-17/h2-13H,14H2,1H3,(H,27,29)(H,28,30)/b26-13+. The van der Waals surface area contributed by atoms with Crippen molar-refractivity contribution < 1.29 is 19.1 Å². The number of carbonyl (C=O) groups excluding carboxylic acids is 2. The number of anilines is 1. The first kappa shape index (κ1) is 23.1. The molecule has 2 N–H and O–H groups in total. The summed E-state index contributed by atoms with van der Waals surface area (Å²) in [5.41, 5.74) is 4.14. The van der Waals surface area contributed by atoms with Gasteiger partial charge < -0.3 is 14.8 Å². The van der Waals surface area contributed by atoms with Crippen molar-refractivity contribution in [1.82, 2.24) is 5.43 Å². The Morgan fingerprint density at radius 1 is 0.969 bits per heavy atom. The molecule has 0 atom stereocenters. The van der Waals surface area contributed by atoms with Crippen molar-refractivity contribution in [1.29, 1.82) is 0 Å². The highest BCUT2D eigenvalue weighted by atomic mass is 35.5. The van der Waals surface area contributed by atoms with Crippen molar-refractivity contribution in [2.24, 2.45) is 5.10 Å². The maximum absolute atomic E-state index is 12.2. The van der Waals surface area contributed by atoms with E-state index >= 15 is 0 Å². The summed E-state index contributed by atoms with van der Waals surface area (Å²) >= 11 is 11.8. The maximum atomic E-state index is 12.2. The molecule has 0 bridgehead atoms. The number of rotatable bonds is 8. The third kappa shape index (κ3) is 6.47. The average Bonchev–Trinajstić information content (AvgIpc) is 2.81. The zero-order chi connectivity index (χ0) is 22.9. The Balaban J connectivity index is 1.56. The molecule has 3 aromatic carbocycles. The molecule has 0 radical (unpaired) electrons. The highest BCUT2D eigenvalue weighted by molar-refractivity contribution is 6.42. The van der Waals surface area contributed by atoms with Crippen LogP contribution < -0.4 is 20.2 Å². The van der Waals surface area contributed by atoms with Crippen LogP contribution in [0.15, 0.2) is 71.8 Å². The van der Waals surface area contributed by atoms with Gasteiger partial charge in [-0.05, 0) is 54.1 Å². The van der Waals surface area contributed by atoms with E-state index in [1.807, 2.05) is 6.07 Å². The minimum absolute atomic E-state index is 0.239. The molecule has 0 saturated carbocycles. The number of benzene rings is 3. The number of amides is 2. The number of methoxy groups -OCH3 is 1. The van der Waals surface area contributed by atoms with Crippen molar-refractivity contribution in [2.45, 2.75) is 0 Å². The van der Waals surface area contributed by atoms with Gasteiger partial charge in [0.2, 0.25) is 0 Å². The topological polar surface area (TPSA) is 89.0 Å². The number of nitrogens with zero attached hydrogens (tertiary/aromatic N) is 1. The number of hydrogen-bond acceptors (Lipinski definition) is 5. The summed E-state index contributed by atoms with van der Waals surface area (Å²) in [5.74, 6) is 0.0920. The van der Waals surface area contributed by atoms with E-state index in [0.29, 0.717) is 38.4 Å². The molecular weight excluding hydrogens is 453 g/mol. The van der Waals surface area contributed by atoms with Crippen LogP contribution in [0.1, 0.15) is 15.9 Å². The molecule has 3 aromatic rings. The van der Waals surface area contributed by atoms with Crippen LogP contribution in [0.2, 0.25) is 10.0 Å². The highest BCUT2D eigenvalue weighted by Gasteiger charge is 2.10. The summed E-state index contributed by atoms with van der Waals surface area (Å²) in [6.45, 7) is -0.239. The van der Waals surface area contributed by atoms with E-state index in [-0.39, 0.29) is 18.4 Å². The molecule has 0 saturated heterocycles. The Morgan fingerprint density at radius 2 is 1.75 bits per heavy atom. The molecule has 32 heavy (non-hydrogen) atoms. The summed E-state index contributed by atoms with van der Waals surface area (Å²) in [7, 11) is 1.48. The molecule has 0 aromatic heterocycles. The fourth-order valence-electron chi connectivity index (χ4n) is 2.62. The Labute approximate surface area is 194 Å². The minimum Gasteiger partial charge on any atom is -0.493 e. The fraction of sp³-hybridized carbons (Fsp3) is 0.0870. The summed E-state index contributed by atoms with van der Waals surface area (Å²) in [4.78, 5) is 24.2. The third-order valence-corrected chi connectivity index (χ3v) is 4.90. The second-order valence-corrected chi connectivity index (χ2v) is 7.26. The summed E-state index contributed by atoms with van der Waals surface area (Å²) in [6.07, 6.45) is 1.48. The first-order chi connectivity index (χ1) is 15.5. The second-order valence-electron chi connectivity index (χ2n) is 6.44. The van der Waals surface area contributed by atoms with Crippen LogP contribution in [-0.2, 0) is 4.79 Å². The smallest absolute Gasteiger partial charge is 0.271 e. The molecular formula is C23H19Cl2N3O4. The number of ether oxygens (including phenoxy) is 2. The van der Waals surface area contributed by atoms with Crippen molar-refractivity contribution >= 4 is 46.9 Å². The Kier molecular flexibility index (Phi) is 8.08. The maximum Gasteiger partial charge on any atom is 0.271 e. The van der Waals surface area contributed by atoms with Gasteiger partial charge in [-0.2, -0.15) is 5.10 Å². The molecule has 9 heteroatoms. The van der Waals surface area contributed by atoms with Gasteiger partial charge in [-0.25, -0.2) is 5.43 Å². The molecule has 0 unspecified atom stereocenters. The van der Waals surface area contributed by atoms with Gasteiger partial charge in [0.05, 0.1) is 23.4 Å². The van der Waals surface area contributed by atoms with E-state index < -0.39 is 0 Å². The lowest BCUT2D eigenvalue weighted by molar-refractivity contribution is -0.118.